The maximum Gasteiger partial charge on any atom is 0.344 e. The van der Waals surface area contributed by atoms with Crippen molar-refractivity contribution >= 4 is 11.9 Å². The molecule has 6 heteroatoms. The molecule has 0 amide bonds. The second-order valence-electron chi connectivity index (χ2n) is 7.83. The minimum Gasteiger partial charge on any atom is -0.457 e. The molecule has 2 rings (SSSR count). The van der Waals surface area contributed by atoms with Crippen LogP contribution in [-0.2, 0) is 19.1 Å². The van der Waals surface area contributed by atoms with Gasteiger partial charge in [-0.15, -0.1) is 0 Å². The summed E-state index contributed by atoms with van der Waals surface area (Å²) < 4.78 is 10.3. The zero-order valence-corrected chi connectivity index (χ0v) is 14.1. The Morgan fingerprint density at radius 1 is 1.17 bits per heavy atom. The van der Waals surface area contributed by atoms with E-state index in [-0.39, 0.29) is 24.3 Å². The molecular formula is C17H26O6. The molecule has 0 aromatic carbocycles. The van der Waals surface area contributed by atoms with Gasteiger partial charge in [-0.3, -0.25) is 0 Å². The summed E-state index contributed by atoms with van der Waals surface area (Å²) >= 11 is 0. The summed E-state index contributed by atoms with van der Waals surface area (Å²) in [4.78, 5) is 23.2. The van der Waals surface area contributed by atoms with Crippen LogP contribution in [0.4, 0.5) is 0 Å². The van der Waals surface area contributed by atoms with Gasteiger partial charge in [0.05, 0.1) is 11.2 Å². The Morgan fingerprint density at radius 3 is 2.39 bits per heavy atom. The van der Waals surface area contributed by atoms with Crippen LogP contribution in [-0.4, -0.2) is 45.6 Å². The smallest absolute Gasteiger partial charge is 0.344 e. The predicted octanol–water partition coefficient (Wildman–Crippen LogP) is 1.48. The molecule has 0 spiro atoms. The van der Waals surface area contributed by atoms with E-state index in [0.717, 1.165) is 0 Å². The minimum absolute atomic E-state index is 0.0910. The molecule has 23 heavy (non-hydrogen) atoms. The summed E-state index contributed by atoms with van der Waals surface area (Å²) in [5, 5.41) is 21.0. The second kappa shape index (κ2) is 5.91. The monoisotopic (exact) mass is 326 g/mol. The molecule has 130 valence electrons. The van der Waals surface area contributed by atoms with E-state index in [1.165, 1.54) is 6.92 Å². The van der Waals surface area contributed by atoms with Crippen molar-refractivity contribution in [1.29, 1.82) is 0 Å². The third kappa shape index (κ3) is 4.54. The highest BCUT2D eigenvalue weighted by Crippen LogP contribution is 2.51. The first-order chi connectivity index (χ1) is 10.4. The normalized spacial score (nSPS) is 39.4. The fraction of sp³-hybridized carbons (Fsp3) is 0.765. The number of ether oxygens (including phenoxy) is 2. The van der Waals surface area contributed by atoms with Gasteiger partial charge in [0.25, 0.3) is 0 Å². The molecule has 0 saturated heterocycles. The molecule has 6 nitrogen and oxygen atoms in total. The van der Waals surface area contributed by atoms with E-state index in [9.17, 15) is 19.8 Å². The average molecular weight is 326 g/mol. The average Bonchev–Trinajstić information content (AvgIpc) is 2.30. The molecule has 0 aliphatic heterocycles. The van der Waals surface area contributed by atoms with Crippen LogP contribution in [0.3, 0.4) is 0 Å². The molecule has 2 saturated carbocycles. The molecule has 2 aliphatic rings. The third-order valence-corrected chi connectivity index (χ3v) is 4.56. The van der Waals surface area contributed by atoms with Gasteiger partial charge in [0.15, 0.2) is 6.61 Å². The summed E-state index contributed by atoms with van der Waals surface area (Å²) in [6.07, 6.45) is 2.31. The van der Waals surface area contributed by atoms with E-state index in [1.807, 2.05) is 0 Å². The van der Waals surface area contributed by atoms with Crippen LogP contribution in [0.1, 0.15) is 52.9 Å². The first-order valence-corrected chi connectivity index (χ1v) is 7.91. The van der Waals surface area contributed by atoms with E-state index in [0.29, 0.717) is 19.3 Å². The molecule has 4 unspecified atom stereocenters. The highest BCUT2D eigenvalue weighted by atomic mass is 16.6. The molecule has 2 bridgehead atoms. The molecule has 0 aromatic heterocycles. The van der Waals surface area contributed by atoms with Gasteiger partial charge in [-0.25, -0.2) is 9.59 Å². The molecule has 4 atom stereocenters. The number of aliphatic hydroxyl groups is 2. The number of esters is 2. The largest absolute Gasteiger partial charge is 0.457 e. The third-order valence-electron chi connectivity index (χ3n) is 4.56. The Kier molecular flexibility index (Phi) is 4.61. The van der Waals surface area contributed by atoms with Crippen molar-refractivity contribution in [1.82, 2.24) is 0 Å². The van der Waals surface area contributed by atoms with Gasteiger partial charge in [-0.05, 0) is 46.0 Å². The maximum atomic E-state index is 11.9. The maximum absolute atomic E-state index is 11.9. The Bertz CT molecular complexity index is 523. The van der Waals surface area contributed by atoms with Gasteiger partial charge in [0.1, 0.15) is 5.60 Å². The second-order valence-corrected chi connectivity index (χ2v) is 7.83. The topological polar surface area (TPSA) is 93.1 Å². The molecule has 0 aromatic rings. The predicted molar refractivity (Wildman–Crippen MR) is 82.4 cm³/mol. The molecular weight excluding hydrogens is 300 g/mol. The lowest BCUT2D eigenvalue weighted by Crippen LogP contribution is -2.57. The van der Waals surface area contributed by atoms with Crippen LogP contribution in [0.2, 0.25) is 0 Å². The Morgan fingerprint density at radius 2 is 1.83 bits per heavy atom. The van der Waals surface area contributed by atoms with Crippen LogP contribution in [0.15, 0.2) is 12.2 Å². The van der Waals surface area contributed by atoms with Crippen molar-refractivity contribution in [3.63, 3.8) is 0 Å². The Hall–Kier alpha value is -1.40. The van der Waals surface area contributed by atoms with E-state index < -0.39 is 35.3 Å². The van der Waals surface area contributed by atoms with Gasteiger partial charge in [-0.1, -0.05) is 6.58 Å². The van der Waals surface area contributed by atoms with Crippen molar-refractivity contribution in [3.8, 4) is 0 Å². The number of hydrogen-bond donors (Lipinski definition) is 2. The number of fused-ring (bicyclic) bond motifs is 2. The first kappa shape index (κ1) is 17.9. The lowest BCUT2D eigenvalue weighted by atomic mass is 9.60. The molecule has 0 heterocycles. The summed E-state index contributed by atoms with van der Waals surface area (Å²) in [6.45, 7) is 7.98. The zero-order chi connectivity index (χ0) is 17.5. The first-order valence-electron chi connectivity index (χ1n) is 7.91. The quantitative estimate of drug-likeness (QED) is 0.600. The Labute approximate surface area is 136 Å². The fourth-order valence-corrected chi connectivity index (χ4v) is 4.37. The highest BCUT2D eigenvalue weighted by molar-refractivity contribution is 5.88. The molecule has 2 fully saturated rings. The number of carbonyl (C=O) groups is 2. The van der Waals surface area contributed by atoms with Crippen molar-refractivity contribution < 1.29 is 29.3 Å². The van der Waals surface area contributed by atoms with E-state index in [4.69, 9.17) is 9.47 Å². The standard InChI is InChI=1S/C17H26O6/c1-11(2)14(19)22-8-13(18)23-16(4)6-12-5-15(3,20)9-17(21,7-12)10-16/h12,20-21H,1,5-10H2,2-4H3. The molecule has 0 radical (unpaired) electrons. The van der Waals surface area contributed by atoms with Crippen molar-refractivity contribution in [2.45, 2.75) is 69.7 Å². The molecule has 2 aliphatic carbocycles. The van der Waals surface area contributed by atoms with Crippen LogP contribution >= 0.6 is 0 Å². The van der Waals surface area contributed by atoms with Crippen LogP contribution in [0.25, 0.3) is 0 Å². The zero-order valence-electron chi connectivity index (χ0n) is 14.1. The van der Waals surface area contributed by atoms with Gasteiger partial charge in [0.2, 0.25) is 0 Å². The van der Waals surface area contributed by atoms with E-state index in [2.05, 4.69) is 6.58 Å². The molecule has 2 N–H and O–H groups in total. The summed E-state index contributed by atoms with van der Waals surface area (Å²) in [5.74, 6) is -1.19. The lowest BCUT2D eigenvalue weighted by Gasteiger charge is -2.53. The van der Waals surface area contributed by atoms with Gasteiger partial charge < -0.3 is 19.7 Å². The summed E-state index contributed by atoms with van der Waals surface area (Å²) in [6, 6.07) is 0. The van der Waals surface area contributed by atoms with Gasteiger partial charge in [-0.2, -0.15) is 0 Å². The van der Waals surface area contributed by atoms with Crippen LogP contribution < -0.4 is 0 Å². The minimum atomic E-state index is -1.03. The number of carbonyl (C=O) groups excluding carboxylic acids is 2. The van der Waals surface area contributed by atoms with Crippen molar-refractivity contribution in [2.24, 2.45) is 5.92 Å². The van der Waals surface area contributed by atoms with E-state index in [1.54, 1.807) is 13.8 Å². The Balaban J connectivity index is 1.96. The van der Waals surface area contributed by atoms with Crippen LogP contribution in [0, 0.1) is 5.92 Å². The van der Waals surface area contributed by atoms with Gasteiger partial charge >= 0.3 is 11.9 Å². The van der Waals surface area contributed by atoms with Crippen LogP contribution in [0.5, 0.6) is 0 Å². The van der Waals surface area contributed by atoms with Crippen molar-refractivity contribution in [3.05, 3.63) is 12.2 Å². The summed E-state index contributed by atoms with van der Waals surface area (Å²) in [5.41, 5.74) is -2.53. The van der Waals surface area contributed by atoms with Gasteiger partial charge in [0, 0.05) is 18.4 Å². The highest BCUT2D eigenvalue weighted by Gasteiger charge is 2.54. The fourth-order valence-electron chi connectivity index (χ4n) is 4.37. The van der Waals surface area contributed by atoms with Crippen molar-refractivity contribution in [2.75, 3.05) is 6.61 Å². The SMILES string of the molecule is C=C(C)C(=O)OCC(=O)OC1(C)CC2CC(C)(O)CC(O)(C2)C1. The lowest BCUT2D eigenvalue weighted by molar-refractivity contribution is -0.202. The number of rotatable bonds is 4. The summed E-state index contributed by atoms with van der Waals surface area (Å²) in [7, 11) is 0. The number of hydrogen-bond acceptors (Lipinski definition) is 6. The van der Waals surface area contributed by atoms with E-state index >= 15 is 0 Å².